The number of rotatable bonds is 6. The molecule has 1 saturated heterocycles. The Hall–Kier alpha value is -1.36. The molecule has 1 aromatic heterocycles. The Morgan fingerprint density at radius 2 is 1.96 bits per heavy atom. The Morgan fingerprint density at radius 3 is 2.80 bits per heavy atom. The monoisotopic (exact) mass is 344 g/mol. The van der Waals surface area contributed by atoms with Crippen molar-refractivity contribution in [3.8, 4) is 0 Å². The van der Waals surface area contributed by atoms with Crippen molar-refractivity contribution in [1.29, 1.82) is 0 Å². The summed E-state index contributed by atoms with van der Waals surface area (Å²) in [6.07, 6.45) is 13.0. The molecular formula is C20H32N4O. The van der Waals surface area contributed by atoms with E-state index in [1.54, 1.807) is 0 Å². The quantitative estimate of drug-likeness (QED) is 0.780. The topological polar surface area (TPSA) is 61.0 Å². The first-order valence-corrected chi connectivity index (χ1v) is 10.4. The van der Waals surface area contributed by atoms with Crippen LogP contribution in [-0.2, 0) is 17.6 Å². The molecule has 2 aliphatic carbocycles. The number of nitrogens with zero attached hydrogens (tertiary/aromatic N) is 2. The molecule has 1 aliphatic heterocycles. The summed E-state index contributed by atoms with van der Waals surface area (Å²) in [4.78, 5) is 23.2. The number of carbonyl (C=O) groups is 1. The third-order valence-corrected chi connectivity index (χ3v) is 6.30. The van der Waals surface area contributed by atoms with Crippen molar-refractivity contribution in [2.75, 3.05) is 19.6 Å². The molecule has 5 nitrogen and oxygen atoms in total. The first kappa shape index (κ1) is 17.1. The molecule has 25 heavy (non-hydrogen) atoms. The zero-order chi connectivity index (χ0) is 17.1. The molecule has 2 heterocycles. The van der Waals surface area contributed by atoms with Gasteiger partial charge in [-0.1, -0.05) is 12.8 Å². The van der Waals surface area contributed by atoms with Crippen LogP contribution in [-0.4, -0.2) is 40.4 Å². The third-order valence-electron chi connectivity index (χ3n) is 6.30. The summed E-state index contributed by atoms with van der Waals surface area (Å²) in [6.45, 7) is 3.03. The van der Waals surface area contributed by atoms with Crippen molar-refractivity contribution in [1.82, 2.24) is 20.2 Å². The number of aryl methyl sites for hydroxylation is 2. The molecule has 1 aromatic rings. The number of hydrogen-bond donors (Lipinski definition) is 2. The Balaban J connectivity index is 1.25. The molecule has 1 saturated carbocycles. The number of imidazole rings is 1. The fourth-order valence-corrected chi connectivity index (χ4v) is 4.86. The fraction of sp³-hybridized carbons (Fsp3) is 0.800. The van der Waals surface area contributed by atoms with E-state index in [4.69, 9.17) is 4.98 Å². The van der Waals surface area contributed by atoms with Gasteiger partial charge in [0.1, 0.15) is 5.82 Å². The molecule has 0 bridgehead atoms. The molecule has 1 unspecified atom stereocenters. The zero-order valence-corrected chi connectivity index (χ0v) is 15.4. The number of likely N-dealkylation sites (tertiary alicyclic amines) is 1. The molecule has 2 N–H and O–H groups in total. The van der Waals surface area contributed by atoms with Gasteiger partial charge in [0.05, 0.1) is 11.7 Å². The highest BCUT2D eigenvalue weighted by atomic mass is 16.1. The van der Waals surface area contributed by atoms with Crippen LogP contribution < -0.4 is 5.32 Å². The maximum absolute atomic E-state index is 12.1. The van der Waals surface area contributed by atoms with E-state index >= 15 is 0 Å². The minimum Gasteiger partial charge on any atom is -0.356 e. The lowest BCUT2D eigenvalue weighted by atomic mass is 10.0. The van der Waals surface area contributed by atoms with Gasteiger partial charge in [0.25, 0.3) is 0 Å². The summed E-state index contributed by atoms with van der Waals surface area (Å²) in [5, 5.41) is 3.15. The van der Waals surface area contributed by atoms with Crippen LogP contribution in [0.4, 0.5) is 0 Å². The summed E-state index contributed by atoms with van der Waals surface area (Å²) in [5.41, 5.74) is 2.70. The lowest BCUT2D eigenvalue weighted by Gasteiger charge is -2.23. The van der Waals surface area contributed by atoms with Crippen LogP contribution >= 0.6 is 0 Å². The molecule has 1 amide bonds. The normalized spacial score (nSPS) is 24.6. The standard InChI is InChI=1S/C20H32N4O/c25-20(15-7-1-2-8-15)21-12-6-14-24-13-5-11-18(24)19-22-16-9-3-4-10-17(16)23-19/h15,18H,1-14H2,(H,21,25)(H,22,23). The number of nitrogens with one attached hydrogen (secondary N) is 2. The Labute approximate surface area is 151 Å². The van der Waals surface area contributed by atoms with Gasteiger partial charge in [0.2, 0.25) is 5.91 Å². The Morgan fingerprint density at radius 1 is 1.12 bits per heavy atom. The van der Waals surface area contributed by atoms with E-state index in [9.17, 15) is 4.79 Å². The minimum absolute atomic E-state index is 0.286. The number of amides is 1. The first-order valence-electron chi connectivity index (χ1n) is 10.4. The van der Waals surface area contributed by atoms with Crippen LogP contribution in [0.3, 0.4) is 0 Å². The summed E-state index contributed by atoms with van der Waals surface area (Å²) in [5.74, 6) is 1.77. The summed E-state index contributed by atoms with van der Waals surface area (Å²) in [6, 6.07) is 0.455. The van der Waals surface area contributed by atoms with Gasteiger partial charge in [-0.3, -0.25) is 9.69 Å². The highest BCUT2D eigenvalue weighted by Gasteiger charge is 2.29. The van der Waals surface area contributed by atoms with Crippen LogP contribution in [0.2, 0.25) is 0 Å². The Kier molecular flexibility index (Phi) is 5.39. The molecule has 138 valence electrons. The number of aromatic amines is 1. The van der Waals surface area contributed by atoms with Gasteiger partial charge >= 0.3 is 0 Å². The number of hydrogen-bond acceptors (Lipinski definition) is 3. The third kappa shape index (κ3) is 3.91. The lowest BCUT2D eigenvalue weighted by Crippen LogP contribution is -2.33. The highest BCUT2D eigenvalue weighted by molar-refractivity contribution is 5.78. The van der Waals surface area contributed by atoms with Gasteiger partial charge in [-0.25, -0.2) is 4.98 Å². The van der Waals surface area contributed by atoms with Crippen LogP contribution in [0.1, 0.15) is 81.0 Å². The molecule has 0 spiro atoms. The average molecular weight is 345 g/mol. The van der Waals surface area contributed by atoms with Gasteiger partial charge in [-0.05, 0) is 64.3 Å². The van der Waals surface area contributed by atoms with E-state index in [1.807, 2.05) is 0 Å². The predicted octanol–water partition coefficient (Wildman–Crippen LogP) is 3.12. The van der Waals surface area contributed by atoms with Gasteiger partial charge < -0.3 is 10.3 Å². The second-order valence-electron chi connectivity index (χ2n) is 8.07. The lowest BCUT2D eigenvalue weighted by molar-refractivity contribution is -0.124. The van der Waals surface area contributed by atoms with E-state index in [0.29, 0.717) is 6.04 Å². The molecule has 1 atom stereocenters. The van der Waals surface area contributed by atoms with Crippen molar-refractivity contribution < 1.29 is 4.79 Å². The second-order valence-corrected chi connectivity index (χ2v) is 8.07. The van der Waals surface area contributed by atoms with Crippen molar-refractivity contribution in [2.24, 2.45) is 5.92 Å². The van der Waals surface area contributed by atoms with Gasteiger partial charge in [0, 0.05) is 24.7 Å². The van der Waals surface area contributed by atoms with Gasteiger partial charge in [-0.2, -0.15) is 0 Å². The molecule has 5 heteroatoms. The van der Waals surface area contributed by atoms with Crippen LogP contribution in [0.15, 0.2) is 0 Å². The fourth-order valence-electron chi connectivity index (χ4n) is 4.86. The van der Waals surface area contributed by atoms with Crippen molar-refractivity contribution in [3.05, 3.63) is 17.2 Å². The van der Waals surface area contributed by atoms with Crippen molar-refractivity contribution in [3.63, 3.8) is 0 Å². The smallest absolute Gasteiger partial charge is 0.223 e. The van der Waals surface area contributed by atoms with E-state index < -0.39 is 0 Å². The second kappa shape index (κ2) is 7.90. The van der Waals surface area contributed by atoms with Crippen molar-refractivity contribution >= 4 is 5.91 Å². The van der Waals surface area contributed by atoms with E-state index in [-0.39, 0.29) is 11.8 Å². The van der Waals surface area contributed by atoms with Gasteiger partial charge in [0.15, 0.2) is 0 Å². The minimum atomic E-state index is 0.286. The number of carbonyl (C=O) groups excluding carboxylic acids is 1. The molecule has 0 radical (unpaired) electrons. The molecule has 0 aromatic carbocycles. The van der Waals surface area contributed by atoms with E-state index in [0.717, 1.165) is 45.3 Å². The number of H-pyrrole nitrogens is 1. The van der Waals surface area contributed by atoms with Gasteiger partial charge in [-0.15, -0.1) is 0 Å². The van der Waals surface area contributed by atoms with Crippen LogP contribution in [0.25, 0.3) is 0 Å². The summed E-state index contributed by atoms with van der Waals surface area (Å²) in [7, 11) is 0. The number of fused-ring (bicyclic) bond motifs is 1. The van der Waals surface area contributed by atoms with E-state index in [1.165, 1.54) is 62.2 Å². The molecular weight excluding hydrogens is 312 g/mol. The molecule has 3 aliphatic rings. The van der Waals surface area contributed by atoms with E-state index in [2.05, 4.69) is 15.2 Å². The zero-order valence-electron chi connectivity index (χ0n) is 15.4. The first-order chi connectivity index (χ1) is 12.3. The van der Waals surface area contributed by atoms with Crippen LogP contribution in [0, 0.1) is 5.92 Å². The SMILES string of the molecule is O=C(NCCCN1CCCC1c1nc2c([nH]1)CCCC2)C1CCCC1. The summed E-state index contributed by atoms with van der Waals surface area (Å²) >= 11 is 0. The van der Waals surface area contributed by atoms with Crippen LogP contribution in [0.5, 0.6) is 0 Å². The highest BCUT2D eigenvalue weighted by Crippen LogP contribution is 2.32. The maximum atomic E-state index is 12.1. The van der Waals surface area contributed by atoms with Crippen molar-refractivity contribution in [2.45, 2.75) is 76.7 Å². The Bertz CT molecular complexity index is 567. The predicted molar refractivity (Wildman–Crippen MR) is 98.4 cm³/mol. The number of aromatic nitrogens is 2. The largest absolute Gasteiger partial charge is 0.356 e. The maximum Gasteiger partial charge on any atom is 0.223 e. The average Bonchev–Trinajstić information content (AvgIpc) is 3.38. The molecule has 4 rings (SSSR count). The molecule has 2 fully saturated rings. The summed E-state index contributed by atoms with van der Waals surface area (Å²) < 4.78 is 0.